The maximum Gasteiger partial charge on any atom is 0.246 e. The van der Waals surface area contributed by atoms with Gasteiger partial charge >= 0.3 is 0 Å². The number of aryl methyl sites for hydroxylation is 2. The minimum atomic E-state index is -3.56. The zero-order valence-corrected chi connectivity index (χ0v) is 11.6. The Kier molecular flexibility index (Phi) is 3.63. The smallest absolute Gasteiger partial charge is 0.246 e. The molecule has 1 saturated carbocycles. The van der Waals surface area contributed by atoms with E-state index >= 15 is 0 Å². The molecule has 0 amide bonds. The van der Waals surface area contributed by atoms with Gasteiger partial charge in [0.15, 0.2) is 0 Å². The van der Waals surface area contributed by atoms with Crippen LogP contribution in [0.4, 0.5) is 5.82 Å². The average Bonchev–Trinajstić information content (AvgIpc) is 2.54. The minimum Gasteiger partial charge on any atom is -0.383 e. The van der Waals surface area contributed by atoms with E-state index in [0.717, 1.165) is 25.7 Å². The third kappa shape index (κ3) is 2.51. The van der Waals surface area contributed by atoms with Crippen molar-refractivity contribution < 1.29 is 8.42 Å². The Hall–Kier alpha value is -1.08. The summed E-state index contributed by atoms with van der Waals surface area (Å²) in [4.78, 5) is 0.121. The van der Waals surface area contributed by atoms with Gasteiger partial charge in [-0.25, -0.2) is 13.1 Å². The lowest BCUT2D eigenvalue weighted by Gasteiger charge is -2.22. The number of nitrogens with two attached hydrogens (primary N) is 1. The highest BCUT2D eigenvalue weighted by atomic mass is 32.2. The Morgan fingerprint density at radius 2 is 1.94 bits per heavy atom. The van der Waals surface area contributed by atoms with Crippen molar-refractivity contribution in [2.24, 2.45) is 7.05 Å². The van der Waals surface area contributed by atoms with E-state index in [1.807, 2.05) is 0 Å². The molecule has 6 nitrogen and oxygen atoms in total. The lowest BCUT2D eigenvalue weighted by atomic mass is 9.96. The number of anilines is 1. The summed E-state index contributed by atoms with van der Waals surface area (Å²) < 4.78 is 28.8. The van der Waals surface area contributed by atoms with Crippen LogP contribution in [0.25, 0.3) is 0 Å². The molecule has 0 unspecified atom stereocenters. The normalized spacial score (nSPS) is 18.1. The highest BCUT2D eigenvalue weighted by molar-refractivity contribution is 7.89. The fourth-order valence-corrected chi connectivity index (χ4v) is 4.12. The van der Waals surface area contributed by atoms with Crippen LogP contribution < -0.4 is 10.5 Å². The Labute approximate surface area is 108 Å². The molecule has 7 heteroatoms. The van der Waals surface area contributed by atoms with Crippen molar-refractivity contribution in [3.8, 4) is 0 Å². The average molecular weight is 272 g/mol. The summed E-state index contributed by atoms with van der Waals surface area (Å²) in [7, 11) is -1.92. The molecule has 1 aromatic rings. The molecule has 1 aliphatic carbocycles. The number of nitrogens with one attached hydrogen (secondary N) is 1. The van der Waals surface area contributed by atoms with Gasteiger partial charge in [-0.2, -0.15) is 5.10 Å². The van der Waals surface area contributed by atoms with E-state index in [1.165, 1.54) is 11.1 Å². The summed E-state index contributed by atoms with van der Waals surface area (Å²) in [6.45, 7) is 1.66. The molecule has 1 heterocycles. The summed E-state index contributed by atoms with van der Waals surface area (Å²) in [6, 6.07) is 0.0303. The van der Waals surface area contributed by atoms with Crippen molar-refractivity contribution in [3.05, 3.63) is 5.69 Å². The van der Waals surface area contributed by atoms with E-state index in [2.05, 4.69) is 9.82 Å². The van der Waals surface area contributed by atoms with E-state index < -0.39 is 10.0 Å². The van der Waals surface area contributed by atoms with E-state index in [-0.39, 0.29) is 16.8 Å². The number of hydrogen-bond acceptors (Lipinski definition) is 4. The highest BCUT2D eigenvalue weighted by Gasteiger charge is 2.27. The summed E-state index contributed by atoms with van der Waals surface area (Å²) in [5.41, 5.74) is 6.22. The lowest BCUT2D eigenvalue weighted by molar-refractivity contribution is 0.412. The molecule has 1 fully saturated rings. The highest BCUT2D eigenvalue weighted by Crippen LogP contribution is 2.24. The van der Waals surface area contributed by atoms with Gasteiger partial charge in [-0.1, -0.05) is 19.3 Å². The summed E-state index contributed by atoms with van der Waals surface area (Å²) in [5, 5.41) is 4.04. The summed E-state index contributed by atoms with van der Waals surface area (Å²) >= 11 is 0. The SMILES string of the molecule is Cc1nn(C)c(N)c1S(=O)(=O)NC1CCCCC1. The van der Waals surface area contributed by atoms with Crippen molar-refractivity contribution in [2.75, 3.05) is 5.73 Å². The molecule has 1 aromatic heterocycles. The predicted octanol–water partition coefficient (Wildman–Crippen LogP) is 0.922. The number of sulfonamides is 1. The number of rotatable bonds is 3. The Bertz CT molecular complexity index is 529. The third-order valence-corrected chi connectivity index (χ3v) is 5.09. The second kappa shape index (κ2) is 4.89. The molecule has 0 aliphatic heterocycles. The van der Waals surface area contributed by atoms with Gasteiger partial charge in [0.1, 0.15) is 10.7 Å². The fraction of sp³-hybridized carbons (Fsp3) is 0.727. The van der Waals surface area contributed by atoms with E-state index in [4.69, 9.17) is 5.73 Å². The first kappa shape index (κ1) is 13.4. The zero-order valence-electron chi connectivity index (χ0n) is 10.8. The topological polar surface area (TPSA) is 90.0 Å². The van der Waals surface area contributed by atoms with Gasteiger partial charge in [0, 0.05) is 13.1 Å². The van der Waals surface area contributed by atoms with Crippen molar-refractivity contribution in [2.45, 2.75) is 50.0 Å². The molecule has 18 heavy (non-hydrogen) atoms. The second-order valence-corrected chi connectivity index (χ2v) is 6.53. The number of aromatic nitrogens is 2. The van der Waals surface area contributed by atoms with Crippen LogP contribution in [-0.4, -0.2) is 24.2 Å². The third-order valence-electron chi connectivity index (χ3n) is 3.41. The number of nitrogens with zero attached hydrogens (tertiary/aromatic N) is 2. The molecule has 1 aliphatic rings. The minimum absolute atomic E-state index is 0.0303. The van der Waals surface area contributed by atoms with Crippen molar-refractivity contribution in [3.63, 3.8) is 0 Å². The first-order valence-corrected chi connectivity index (χ1v) is 7.71. The number of hydrogen-bond donors (Lipinski definition) is 2. The van der Waals surface area contributed by atoms with Gasteiger partial charge < -0.3 is 5.73 Å². The van der Waals surface area contributed by atoms with E-state index in [0.29, 0.717) is 5.69 Å². The van der Waals surface area contributed by atoms with Crippen LogP contribution in [0.15, 0.2) is 4.90 Å². The van der Waals surface area contributed by atoms with Crippen molar-refractivity contribution >= 4 is 15.8 Å². The molecule has 2 rings (SSSR count). The Morgan fingerprint density at radius 3 is 2.44 bits per heavy atom. The predicted molar refractivity (Wildman–Crippen MR) is 69.6 cm³/mol. The Balaban J connectivity index is 2.24. The van der Waals surface area contributed by atoms with Crippen LogP contribution in [0.2, 0.25) is 0 Å². The van der Waals surface area contributed by atoms with Crippen LogP contribution in [0.5, 0.6) is 0 Å². The van der Waals surface area contributed by atoms with Gasteiger partial charge in [0.25, 0.3) is 0 Å². The molecule has 3 N–H and O–H groups in total. The van der Waals surface area contributed by atoms with E-state index in [1.54, 1.807) is 14.0 Å². The fourth-order valence-electron chi connectivity index (χ4n) is 2.49. The molecule has 0 bridgehead atoms. The van der Waals surface area contributed by atoms with Gasteiger partial charge in [-0.05, 0) is 19.8 Å². The maximum absolute atomic E-state index is 12.3. The van der Waals surface area contributed by atoms with Crippen LogP contribution in [0, 0.1) is 6.92 Å². The van der Waals surface area contributed by atoms with Crippen LogP contribution in [-0.2, 0) is 17.1 Å². The molecular weight excluding hydrogens is 252 g/mol. The van der Waals surface area contributed by atoms with Crippen molar-refractivity contribution in [1.29, 1.82) is 0 Å². The van der Waals surface area contributed by atoms with Gasteiger partial charge in [-0.3, -0.25) is 4.68 Å². The first-order valence-electron chi connectivity index (χ1n) is 6.23. The molecule has 0 spiro atoms. The largest absolute Gasteiger partial charge is 0.383 e. The van der Waals surface area contributed by atoms with Gasteiger partial charge in [-0.15, -0.1) is 0 Å². The lowest BCUT2D eigenvalue weighted by Crippen LogP contribution is -2.36. The van der Waals surface area contributed by atoms with Crippen LogP contribution in [0.1, 0.15) is 37.8 Å². The van der Waals surface area contributed by atoms with E-state index in [9.17, 15) is 8.42 Å². The maximum atomic E-state index is 12.3. The molecule has 102 valence electrons. The molecular formula is C11H20N4O2S. The summed E-state index contributed by atoms with van der Waals surface area (Å²) in [5.74, 6) is 0.191. The van der Waals surface area contributed by atoms with Crippen LogP contribution >= 0.6 is 0 Å². The molecule has 0 aromatic carbocycles. The standard InChI is InChI=1S/C11H20N4O2S/c1-8-10(11(12)15(2)13-8)18(16,17)14-9-6-4-3-5-7-9/h9,14H,3-7,12H2,1-2H3. The first-order chi connectivity index (χ1) is 8.42. The van der Waals surface area contributed by atoms with Gasteiger partial charge in [0.05, 0.1) is 5.69 Å². The monoisotopic (exact) mass is 272 g/mol. The van der Waals surface area contributed by atoms with Crippen LogP contribution in [0.3, 0.4) is 0 Å². The Morgan fingerprint density at radius 1 is 1.33 bits per heavy atom. The molecule has 0 atom stereocenters. The van der Waals surface area contributed by atoms with Gasteiger partial charge in [0.2, 0.25) is 10.0 Å². The van der Waals surface area contributed by atoms with Crippen molar-refractivity contribution in [1.82, 2.24) is 14.5 Å². The quantitative estimate of drug-likeness (QED) is 0.856. The zero-order chi connectivity index (χ0) is 13.3. The molecule has 0 radical (unpaired) electrons. The number of nitrogen functional groups attached to an aromatic ring is 1. The second-order valence-electron chi connectivity index (χ2n) is 4.88. The summed E-state index contributed by atoms with van der Waals surface area (Å²) in [6.07, 6.45) is 5.15. The molecule has 0 saturated heterocycles.